The molecular formula is C17H30O5. The summed E-state index contributed by atoms with van der Waals surface area (Å²) in [6.07, 6.45) is 6.11. The van der Waals surface area contributed by atoms with Crippen molar-refractivity contribution in [1.29, 1.82) is 0 Å². The van der Waals surface area contributed by atoms with Crippen LogP contribution < -0.4 is 0 Å². The van der Waals surface area contributed by atoms with Gasteiger partial charge in [-0.1, -0.05) is 32.8 Å². The monoisotopic (exact) mass is 314 g/mol. The van der Waals surface area contributed by atoms with Crippen LogP contribution >= 0.6 is 0 Å². The van der Waals surface area contributed by atoms with Crippen LogP contribution in [0.3, 0.4) is 0 Å². The Balaban J connectivity index is 2.74. The van der Waals surface area contributed by atoms with Gasteiger partial charge in [0.2, 0.25) is 0 Å². The standard InChI is InChI=1S/C17H30O5/c1-4-7-10-19-14-12-16(20-9-6-3)22-15(13-18)17(14)21-11-8-5-2/h6,12,15-18H,3-5,7-11,13H2,1-2H3. The van der Waals surface area contributed by atoms with Gasteiger partial charge >= 0.3 is 0 Å². The molecule has 5 nitrogen and oxygen atoms in total. The zero-order valence-corrected chi connectivity index (χ0v) is 13.8. The highest BCUT2D eigenvalue weighted by molar-refractivity contribution is 5.09. The molecule has 1 aliphatic heterocycles. The highest BCUT2D eigenvalue weighted by Gasteiger charge is 2.35. The van der Waals surface area contributed by atoms with E-state index < -0.39 is 12.4 Å². The molecule has 0 fully saturated rings. The van der Waals surface area contributed by atoms with Crippen LogP contribution in [0.4, 0.5) is 0 Å². The summed E-state index contributed by atoms with van der Waals surface area (Å²) in [6, 6.07) is 0. The van der Waals surface area contributed by atoms with Crippen LogP contribution in [0.5, 0.6) is 0 Å². The first-order valence-electron chi connectivity index (χ1n) is 8.21. The van der Waals surface area contributed by atoms with Gasteiger partial charge < -0.3 is 24.1 Å². The molecule has 0 aromatic rings. The minimum Gasteiger partial charge on any atom is -0.495 e. The number of ether oxygens (including phenoxy) is 4. The number of aliphatic hydroxyl groups is 1. The maximum Gasteiger partial charge on any atom is 0.181 e. The van der Waals surface area contributed by atoms with Crippen molar-refractivity contribution < 1.29 is 24.1 Å². The van der Waals surface area contributed by atoms with Crippen molar-refractivity contribution in [3.63, 3.8) is 0 Å². The quantitative estimate of drug-likeness (QED) is 0.443. The third-order valence-electron chi connectivity index (χ3n) is 3.35. The number of aliphatic hydroxyl groups excluding tert-OH is 1. The van der Waals surface area contributed by atoms with Crippen molar-refractivity contribution in [3.05, 3.63) is 24.5 Å². The van der Waals surface area contributed by atoms with Gasteiger partial charge in [0.15, 0.2) is 6.29 Å². The lowest BCUT2D eigenvalue weighted by Crippen LogP contribution is -2.44. The largest absolute Gasteiger partial charge is 0.495 e. The zero-order valence-electron chi connectivity index (χ0n) is 13.8. The topological polar surface area (TPSA) is 57.2 Å². The molecule has 1 rings (SSSR count). The molecule has 0 aromatic heterocycles. The molecule has 3 atom stereocenters. The molecule has 1 aliphatic rings. The van der Waals surface area contributed by atoms with Crippen LogP contribution in [0.15, 0.2) is 24.5 Å². The van der Waals surface area contributed by atoms with E-state index in [-0.39, 0.29) is 12.7 Å². The fraction of sp³-hybridized carbons (Fsp3) is 0.765. The van der Waals surface area contributed by atoms with Gasteiger partial charge in [-0.25, -0.2) is 0 Å². The minimum absolute atomic E-state index is 0.140. The van der Waals surface area contributed by atoms with Crippen LogP contribution in [-0.2, 0) is 18.9 Å². The van der Waals surface area contributed by atoms with Crippen molar-refractivity contribution in [2.75, 3.05) is 26.4 Å². The minimum atomic E-state index is -0.544. The summed E-state index contributed by atoms with van der Waals surface area (Å²) in [5.74, 6) is 0.698. The highest BCUT2D eigenvalue weighted by Crippen LogP contribution is 2.25. The van der Waals surface area contributed by atoms with E-state index in [1.165, 1.54) is 0 Å². The second-order valence-corrected chi connectivity index (χ2v) is 5.26. The van der Waals surface area contributed by atoms with Gasteiger partial charge in [0.25, 0.3) is 0 Å². The molecule has 0 bridgehead atoms. The summed E-state index contributed by atoms with van der Waals surface area (Å²) in [5, 5.41) is 9.59. The molecular weight excluding hydrogens is 284 g/mol. The number of hydrogen-bond donors (Lipinski definition) is 1. The third kappa shape index (κ3) is 6.48. The van der Waals surface area contributed by atoms with Gasteiger partial charge in [-0.3, -0.25) is 0 Å². The van der Waals surface area contributed by atoms with Gasteiger partial charge in [0.1, 0.15) is 18.0 Å². The first kappa shape index (κ1) is 19.2. The molecule has 0 spiro atoms. The van der Waals surface area contributed by atoms with Gasteiger partial charge in [-0.15, -0.1) is 6.58 Å². The van der Waals surface area contributed by atoms with Gasteiger partial charge in [0.05, 0.1) is 19.8 Å². The molecule has 1 heterocycles. The molecule has 0 saturated carbocycles. The average molecular weight is 314 g/mol. The Morgan fingerprint density at radius 2 is 1.95 bits per heavy atom. The third-order valence-corrected chi connectivity index (χ3v) is 3.35. The van der Waals surface area contributed by atoms with E-state index >= 15 is 0 Å². The molecule has 0 amide bonds. The lowest BCUT2D eigenvalue weighted by Gasteiger charge is -2.34. The van der Waals surface area contributed by atoms with Gasteiger partial charge in [-0.05, 0) is 12.8 Å². The summed E-state index contributed by atoms with van der Waals surface area (Å²) >= 11 is 0. The molecule has 0 radical (unpaired) electrons. The normalized spacial score (nSPS) is 24.9. The smallest absolute Gasteiger partial charge is 0.181 e. The van der Waals surface area contributed by atoms with Crippen LogP contribution in [-0.4, -0.2) is 50.0 Å². The number of unbranched alkanes of at least 4 members (excludes halogenated alkanes) is 2. The van der Waals surface area contributed by atoms with E-state index in [1.54, 1.807) is 12.2 Å². The van der Waals surface area contributed by atoms with Crippen LogP contribution in [0, 0.1) is 0 Å². The molecule has 5 heteroatoms. The predicted octanol–water partition coefficient (Wildman–Crippen LogP) is 2.79. The molecule has 1 N–H and O–H groups in total. The summed E-state index contributed by atoms with van der Waals surface area (Å²) in [4.78, 5) is 0. The Kier molecular flexibility index (Phi) is 10.2. The van der Waals surface area contributed by atoms with E-state index in [1.807, 2.05) is 0 Å². The zero-order chi connectivity index (χ0) is 16.2. The molecule has 22 heavy (non-hydrogen) atoms. The maximum absolute atomic E-state index is 9.59. The average Bonchev–Trinajstić information content (AvgIpc) is 2.54. The van der Waals surface area contributed by atoms with Gasteiger partial charge in [-0.2, -0.15) is 0 Å². The van der Waals surface area contributed by atoms with Crippen molar-refractivity contribution in [2.24, 2.45) is 0 Å². The van der Waals surface area contributed by atoms with Gasteiger partial charge in [0, 0.05) is 12.7 Å². The van der Waals surface area contributed by atoms with E-state index in [0.717, 1.165) is 25.7 Å². The Morgan fingerprint density at radius 3 is 2.59 bits per heavy atom. The van der Waals surface area contributed by atoms with Crippen LogP contribution in [0.2, 0.25) is 0 Å². The summed E-state index contributed by atoms with van der Waals surface area (Å²) in [6.45, 7) is 9.33. The van der Waals surface area contributed by atoms with Crippen molar-refractivity contribution in [2.45, 2.75) is 58.0 Å². The fourth-order valence-electron chi connectivity index (χ4n) is 2.09. The highest BCUT2D eigenvalue weighted by atomic mass is 16.7. The predicted molar refractivity (Wildman–Crippen MR) is 85.5 cm³/mol. The maximum atomic E-state index is 9.59. The van der Waals surface area contributed by atoms with E-state index in [2.05, 4.69) is 20.4 Å². The molecule has 0 aromatic carbocycles. The molecule has 0 aliphatic carbocycles. The molecule has 0 saturated heterocycles. The lowest BCUT2D eigenvalue weighted by atomic mass is 10.1. The van der Waals surface area contributed by atoms with Crippen LogP contribution in [0.1, 0.15) is 39.5 Å². The Labute approximate surface area is 133 Å². The Bertz CT molecular complexity index is 329. The van der Waals surface area contributed by atoms with E-state index in [9.17, 15) is 5.11 Å². The van der Waals surface area contributed by atoms with Crippen molar-refractivity contribution in [3.8, 4) is 0 Å². The SMILES string of the molecule is C=CCOC1C=C(OCCCC)C(OCCCC)C(CO)O1. The summed E-state index contributed by atoms with van der Waals surface area (Å²) < 4.78 is 22.9. The van der Waals surface area contributed by atoms with Crippen molar-refractivity contribution in [1.82, 2.24) is 0 Å². The lowest BCUT2D eigenvalue weighted by molar-refractivity contribution is -0.196. The first-order valence-corrected chi connectivity index (χ1v) is 8.21. The second kappa shape index (κ2) is 11.7. The first-order chi connectivity index (χ1) is 10.8. The molecule has 3 unspecified atom stereocenters. The van der Waals surface area contributed by atoms with Crippen molar-refractivity contribution >= 4 is 0 Å². The summed E-state index contributed by atoms with van der Waals surface area (Å²) in [7, 11) is 0. The molecule has 128 valence electrons. The fourth-order valence-corrected chi connectivity index (χ4v) is 2.09. The number of rotatable bonds is 12. The van der Waals surface area contributed by atoms with E-state index in [0.29, 0.717) is 25.6 Å². The van der Waals surface area contributed by atoms with Crippen LogP contribution in [0.25, 0.3) is 0 Å². The Hall–Kier alpha value is -0.880. The Morgan fingerprint density at radius 1 is 1.23 bits per heavy atom. The van der Waals surface area contributed by atoms with E-state index in [4.69, 9.17) is 18.9 Å². The second-order valence-electron chi connectivity index (χ2n) is 5.26. The number of hydrogen-bond acceptors (Lipinski definition) is 5. The summed E-state index contributed by atoms with van der Waals surface area (Å²) in [5.41, 5.74) is 0.